The molecule has 1 heterocycles. The largest absolute Gasteiger partial charge is 0.394 e. The van der Waals surface area contributed by atoms with Gasteiger partial charge in [0.15, 0.2) is 0 Å². The van der Waals surface area contributed by atoms with Crippen molar-refractivity contribution in [2.24, 2.45) is 0 Å². The first-order chi connectivity index (χ1) is 7.02. The predicted octanol–water partition coefficient (Wildman–Crippen LogP) is 1.31. The highest BCUT2D eigenvalue weighted by atomic mass is 79.9. The minimum absolute atomic E-state index is 0.161. The van der Waals surface area contributed by atoms with Crippen molar-refractivity contribution in [3.05, 3.63) is 22.3 Å². The minimum atomic E-state index is -0.761. The number of aliphatic hydroxyl groups excluding tert-OH is 2. The Hall–Kier alpha value is -0.650. The second-order valence-electron chi connectivity index (χ2n) is 3.79. The Kier molecular flexibility index (Phi) is 4.07. The topological polar surface area (TPSA) is 65.4 Å². The molecule has 1 aromatic rings. The summed E-state index contributed by atoms with van der Waals surface area (Å²) >= 11 is 3.40. The number of aromatic nitrogens is 1. The van der Waals surface area contributed by atoms with Crippen molar-refractivity contribution in [2.75, 3.05) is 18.5 Å². The fourth-order valence-corrected chi connectivity index (χ4v) is 1.38. The number of aliphatic hydroxyl groups is 2. The van der Waals surface area contributed by atoms with Crippen LogP contribution in [0.15, 0.2) is 16.7 Å². The van der Waals surface area contributed by atoms with Crippen LogP contribution in [0.3, 0.4) is 0 Å². The van der Waals surface area contributed by atoms with E-state index in [-0.39, 0.29) is 13.2 Å². The Morgan fingerprint density at radius 2 is 2.07 bits per heavy atom. The van der Waals surface area contributed by atoms with Crippen molar-refractivity contribution in [1.82, 2.24) is 4.98 Å². The van der Waals surface area contributed by atoms with Gasteiger partial charge >= 0.3 is 0 Å². The lowest BCUT2D eigenvalue weighted by Crippen LogP contribution is -2.42. The molecule has 5 heteroatoms. The summed E-state index contributed by atoms with van der Waals surface area (Å²) in [5.41, 5.74) is 0.286. The monoisotopic (exact) mass is 274 g/mol. The van der Waals surface area contributed by atoms with Crippen LogP contribution in [-0.4, -0.2) is 33.9 Å². The van der Waals surface area contributed by atoms with Gasteiger partial charge in [-0.2, -0.15) is 0 Å². The van der Waals surface area contributed by atoms with E-state index in [1.807, 2.05) is 13.0 Å². The molecule has 1 rings (SSSR count). The summed E-state index contributed by atoms with van der Waals surface area (Å²) in [4.78, 5) is 4.14. The smallest absolute Gasteiger partial charge is 0.141 e. The molecule has 0 aromatic carbocycles. The molecule has 3 N–H and O–H groups in total. The third kappa shape index (κ3) is 2.90. The van der Waals surface area contributed by atoms with E-state index in [0.29, 0.717) is 5.82 Å². The van der Waals surface area contributed by atoms with E-state index < -0.39 is 5.54 Å². The van der Waals surface area contributed by atoms with Gasteiger partial charge in [-0.3, -0.25) is 0 Å². The third-order valence-electron chi connectivity index (χ3n) is 2.20. The second-order valence-corrected chi connectivity index (χ2v) is 4.59. The molecule has 0 bridgehead atoms. The summed E-state index contributed by atoms with van der Waals surface area (Å²) in [5, 5.41) is 21.3. The number of hydrogen-bond acceptors (Lipinski definition) is 4. The molecule has 84 valence electrons. The van der Waals surface area contributed by atoms with Gasteiger partial charge in [-0.15, -0.1) is 0 Å². The lowest BCUT2D eigenvalue weighted by atomic mass is 10.1. The van der Waals surface area contributed by atoms with Crippen LogP contribution in [0.2, 0.25) is 0 Å². The van der Waals surface area contributed by atoms with Crippen LogP contribution in [0.1, 0.15) is 12.5 Å². The van der Waals surface area contributed by atoms with Crippen molar-refractivity contribution in [3.8, 4) is 0 Å². The SMILES string of the molecule is Cc1ccnc(NC(C)(CO)CO)c1Br. The molecule has 1 aromatic heterocycles. The zero-order valence-electron chi connectivity index (χ0n) is 8.79. The van der Waals surface area contributed by atoms with Crippen molar-refractivity contribution in [3.63, 3.8) is 0 Å². The lowest BCUT2D eigenvalue weighted by Gasteiger charge is -2.27. The first-order valence-electron chi connectivity index (χ1n) is 4.63. The standard InChI is InChI=1S/C10H15BrN2O2/c1-7-3-4-12-9(8(7)11)13-10(2,5-14)6-15/h3-4,14-15H,5-6H2,1-2H3,(H,12,13). The molecule has 0 aliphatic rings. The van der Waals surface area contributed by atoms with Crippen LogP contribution >= 0.6 is 15.9 Å². The first-order valence-corrected chi connectivity index (χ1v) is 5.43. The fraction of sp³-hybridized carbons (Fsp3) is 0.500. The molecule has 0 aliphatic carbocycles. The van der Waals surface area contributed by atoms with E-state index in [0.717, 1.165) is 10.0 Å². The van der Waals surface area contributed by atoms with Crippen LogP contribution in [0.5, 0.6) is 0 Å². The molecule has 15 heavy (non-hydrogen) atoms. The van der Waals surface area contributed by atoms with E-state index in [9.17, 15) is 0 Å². The Labute approximate surface area is 97.5 Å². The van der Waals surface area contributed by atoms with Crippen LogP contribution in [0, 0.1) is 6.92 Å². The molecular weight excluding hydrogens is 260 g/mol. The first kappa shape index (κ1) is 12.4. The normalized spacial score (nSPS) is 11.5. The van der Waals surface area contributed by atoms with E-state index in [1.54, 1.807) is 13.1 Å². The average molecular weight is 275 g/mol. The van der Waals surface area contributed by atoms with Gasteiger partial charge in [0.2, 0.25) is 0 Å². The van der Waals surface area contributed by atoms with E-state index in [2.05, 4.69) is 26.2 Å². The van der Waals surface area contributed by atoms with Crippen molar-refractivity contribution in [2.45, 2.75) is 19.4 Å². The van der Waals surface area contributed by atoms with Gasteiger partial charge in [-0.1, -0.05) is 0 Å². The number of aryl methyl sites for hydroxylation is 1. The maximum atomic E-state index is 9.14. The zero-order chi connectivity index (χ0) is 11.5. The Morgan fingerprint density at radius 1 is 1.47 bits per heavy atom. The number of hydrogen-bond donors (Lipinski definition) is 3. The number of nitrogens with one attached hydrogen (secondary N) is 1. The molecular formula is C10H15BrN2O2. The quantitative estimate of drug-likeness (QED) is 0.775. The molecule has 0 atom stereocenters. The number of pyridine rings is 1. The maximum absolute atomic E-state index is 9.14. The highest BCUT2D eigenvalue weighted by molar-refractivity contribution is 9.10. The molecule has 4 nitrogen and oxygen atoms in total. The molecule has 0 amide bonds. The van der Waals surface area contributed by atoms with Crippen molar-refractivity contribution >= 4 is 21.7 Å². The highest BCUT2D eigenvalue weighted by Crippen LogP contribution is 2.25. The van der Waals surface area contributed by atoms with Gasteiger partial charge in [-0.05, 0) is 41.4 Å². The molecule has 0 unspecified atom stereocenters. The van der Waals surface area contributed by atoms with Gasteiger partial charge in [0.05, 0.1) is 23.2 Å². The molecule has 0 aliphatic heterocycles. The van der Waals surface area contributed by atoms with Crippen LogP contribution in [0.25, 0.3) is 0 Å². The molecule has 0 spiro atoms. The Morgan fingerprint density at radius 3 is 2.60 bits per heavy atom. The zero-order valence-corrected chi connectivity index (χ0v) is 10.4. The highest BCUT2D eigenvalue weighted by Gasteiger charge is 2.23. The third-order valence-corrected chi connectivity index (χ3v) is 3.20. The Bertz CT molecular complexity index is 340. The maximum Gasteiger partial charge on any atom is 0.141 e. The molecule has 0 saturated carbocycles. The summed E-state index contributed by atoms with van der Waals surface area (Å²) in [7, 11) is 0. The molecule has 0 fully saturated rings. The number of anilines is 1. The fourth-order valence-electron chi connectivity index (χ4n) is 1.04. The summed E-state index contributed by atoms with van der Waals surface area (Å²) in [6, 6.07) is 1.88. The van der Waals surface area contributed by atoms with Crippen molar-refractivity contribution < 1.29 is 10.2 Å². The molecule has 0 radical (unpaired) electrons. The predicted molar refractivity (Wildman–Crippen MR) is 62.9 cm³/mol. The van der Waals surface area contributed by atoms with Crippen LogP contribution in [0.4, 0.5) is 5.82 Å². The summed E-state index contributed by atoms with van der Waals surface area (Å²) in [5.74, 6) is 0.626. The number of nitrogens with zero attached hydrogens (tertiary/aromatic N) is 1. The minimum Gasteiger partial charge on any atom is -0.394 e. The number of rotatable bonds is 4. The average Bonchev–Trinajstić information content (AvgIpc) is 2.25. The summed E-state index contributed by atoms with van der Waals surface area (Å²) < 4.78 is 0.845. The van der Waals surface area contributed by atoms with Gasteiger partial charge in [-0.25, -0.2) is 4.98 Å². The van der Waals surface area contributed by atoms with Crippen molar-refractivity contribution in [1.29, 1.82) is 0 Å². The van der Waals surface area contributed by atoms with Crippen LogP contribution in [-0.2, 0) is 0 Å². The van der Waals surface area contributed by atoms with Crippen LogP contribution < -0.4 is 5.32 Å². The Balaban J connectivity index is 2.94. The van der Waals surface area contributed by atoms with Gasteiger partial charge in [0.25, 0.3) is 0 Å². The van der Waals surface area contributed by atoms with Gasteiger partial charge in [0, 0.05) is 6.20 Å². The van der Waals surface area contributed by atoms with E-state index >= 15 is 0 Å². The molecule has 0 saturated heterocycles. The second kappa shape index (κ2) is 4.92. The van der Waals surface area contributed by atoms with E-state index in [4.69, 9.17) is 10.2 Å². The summed E-state index contributed by atoms with van der Waals surface area (Å²) in [6.07, 6.45) is 1.68. The van der Waals surface area contributed by atoms with E-state index in [1.165, 1.54) is 0 Å². The summed E-state index contributed by atoms with van der Waals surface area (Å²) in [6.45, 7) is 3.35. The van der Waals surface area contributed by atoms with Gasteiger partial charge < -0.3 is 15.5 Å². The lowest BCUT2D eigenvalue weighted by molar-refractivity contribution is 0.147. The van der Waals surface area contributed by atoms with Gasteiger partial charge in [0.1, 0.15) is 5.82 Å². The number of halogens is 1.